The van der Waals surface area contributed by atoms with Gasteiger partial charge in [0.1, 0.15) is 0 Å². The third-order valence-corrected chi connectivity index (χ3v) is 4.77. The van der Waals surface area contributed by atoms with Gasteiger partial charge in [-0.2, -0.15) is 11.3 Å². The van der Waals surface area contributed by atoms with Gasteiger partial charge >= 0.3 is 0 Å². The van der Waals surface area contributed by atoms with Gasteiger partial charge in [-0.05, 0) is 49.1 Å². The number of nitrogens with one attached hydrogen (secondary N) is 2. The molecule has 2 rings (SSSR count). The van der Waals surface area contributed by atoms with Crippen molar-refractivity contribution in [2.24, 2.45) is 10.9 Å². The van der Waals surface area contributed by atoms with E-state index in [-0.39, 0.29) is 24.0 Å². The number of hydrogen-bond acceptors (Lipinski definition) is 3. The molecule has 0 aromatic carbocycles. The molecule has 4 nitrogen and oxygen atoms in total. The maximum absolute atomic E-state index is 4.71. The van der Waals surface area contributed by atoms with Crippen LogP contribution in [0.25, 0.3) is 0 Å². The Labute approximate surface area is 155 Å². The van der Waals surface area contributed by atoms with Crippen LogP contribution < -0.4 is 10.6 Å². The Morgan fingerprint density at radius 2 is 2.23 bits per heavy atom. The molecule has 1 saturated heterocycles. The molecule has 2 unspecified atom stereocenters. The van der Waals surface area contributed by atoms with E-state index in [1.165, 1.54) is 12.1 Å². The van der Waals surface area contributed by atoms with Gasteiger partial charge in [0.2, 0.25) is 0 Å². The van der Waals surface area contributed by atoms with Gasteiger partial charge in [0.05, 0.1) is 6.54 Å². The Morgan fingerprint density at radius 3 is 2.77 bits per heavy atom. The molecule has 0 bridgehead atoms. The number of thiophene rings is 1. The molecule has 1 fully saturated rings. The molecule has 2 N–H and O–H groups in total. The molecule has 6 heteroatoms. The number of hydrogen-bond donors (Lipinski definition) is 2. The molecule has 2 atom stereocenters. The smallest absolute Gasteiger partial charge is 0.191 e. The third-order valence-electron chi connectivity index (χ3n) is 4.04. The predicted molar refractivity (Wildman–Crippen MR) is 107 cm³/mol. The molecule has 1 aromatic rings. The zero-order valence-corrected chi connectivity index (χ0v) is 17.2. The summed E-state index contributed by atoms with van der Waals surface area (Å²) in [6, 6.07) is 3.23. The van der Waals surface area contributed by atoms with E-state index in [0.29, 0.717) is 18.0 Å². The summed E-state index contributed by atoms with van der Waals surface area (Å²) in [6.07, 6.45) is 0. The quantitative estimate of drug-likeness (QED) is 0.423. The number of likely N-dealkylation sites (tertiary alicyclic amines) is 1. The molecule has 0 aliphatic carbocycles. The summed E-state index contributed by atoms with van der Waals surface area (Å²) in [5.41, 5.74) is 1.28. The fourth-order valence-electron chi connectivity index (χ4n) is 2.66. The van der Waals surface area contributed by atoms with E-state index in [9.17, 15) is 0 Å². The highest BCUT2D eigenvalue weighted by atomic mass is 127. The van der Waals surface area contributed by atoms with Gasteiger partial charge in [-0.15, -0.1) is 24.0 Å². The summed E-state index contributed by atoms with van der Waals surface area (Å²) in [5, 5.41) is 11.2. The van der Waals surface area contributed by atoms with Crippen molar-refractivity contribution in [1.82, 2.24) is 15.5 Å². The highest BCUT2D eigenvalue weighted by Gasteiger charge is 2.31. The fraction of sp³-hybridized carbons (Fsp3) is 0.688. The van der Waals surface area contributed by atoms with Crippen LogP contribution in [0.15, 0.2) is 21.8 Å². The van der Waals surface area contributed by atoms with Crippen LogP contribution in [0.2, 0.25) is 0 Å². The van der Waals surface area contributed by atoms with Crippen molar-refractivity contribution in [3.63, 3.8) is 0 Å². The van der Waals surface area contributed by atoms with Gasteiger partial charge in [0.25, 0.3) is 0 Å². The molecule has 2 heterocycles. The first-order valence-electron chi connectivity index (χ1n) is 7.90. The monoisotopic (exact) mass is 436 g/mol. The minimum atomic E-state index is 0. The SMILES string of the molecule is CCNC(=NCc1ccsc1)NC1CN(C(C)C)CC1C.I. The van der Waals surface area contributed by atoms with Crippen molar-refractivity contribution in [2.45, 2.75) is 46.3 Å². The van der Waals surface area contributed by atoms with E-state index >= 15 is 0 Å². The van der Waals surface area contributed by atoms with E-state index < -0.39 is 0 Å². The molecule has 1 aliphatic heterocycles. The lowest BCUT2D eigenvalue weighted by atomic mass is 10.1. The second-order valence-electron chi connectivity index (χ2n) is 6.10. The number of nitrogens with zero attached hydrogens (tertiary/aromatic N) is 2. The van der Waals surface area contributed by atoms with Crippen LogP contribution in [0.3, 0.4) is 0 Å². The minimum absolute atomic E-state index is 0. The number of halogens is 1. The maximum Gasteiger partial charge on any atom is 0.191 e. The summed E-state index contributed by atoms with van der Waals surface area (Å²) in [7, 11) is 0. The van der Waals surface area contributed by atoms with Crippen LogP contribution in [0.4, 0.5) is 0 Å². The molecular weight excluding hydrogens is 407 g/mol. The maximum atomic E-state index is 4.71. The number of guanidine groups is 1. The van der Waals surface area contributed by atoms with E-state index in [1.54, 1.807) is 11.3 Å². The van der Waals surface area contributed by atoms with Gasteiger partial charge < -0.3 is 10.6 Å². The zero-order chi connectivity index (χ0) is 15.2. The lowest BCUT2D eigenvalue weighted by Gasteiger charge is -2.21. The van der Waals surface area contributed by atoms with Gasteiger partial charge in [0.15, 0.2) is 5.96 Å². The molecule has 0 amide bonds. The molecule has 126 valence electrons. The summed E-state index contributed by atoms with van der Waals surface area (Å²) in [4.78, 5) is 7.24. The first-order chi connectivity index (χ1) is 10.1. The van der Waals surface area contributed by atoms with Gasteiger partial charge in [-0.1, -0.05) is 6.92 Å². The first-order valence-corrected chi connectivity index (χ1v) is 8.84. The first kappa shape index (κ1) is 19.7. The van der Waals surface area contributed by atoms with Gasteiger partial charge in [-0.3, -0.25) is 4.90 Å². The lowest BCUT2D eigenvalue weighted by Crippen LogP contribution is -2.46. The zero-order valence-electron chi connectivity index (χ0n) is 14.0. The largest absolute Gasteiger partial charge is 0.357 e. The third kappa shape index (κ3) is 5.70. The van der Waals surface area contributed by atoms with Crippen molar-refractivity contribution in [1.29, 1.82) is 0 Å². The van der Waals surface area contributed by atoms with Crippen LogP contribution in [0, 0.1) is 5.92 Å². The van der Waals surface area contributed by atoms with Crippen molar-refractivity contribution in [3.8, 4) is 0 Å². The second kappa shape index (κ2) is 9.72. The van der Waals surface area contributed by atoms with Crippen LogP contribution in [-0.2, 0) is 6.54 Å². The highest BCUT2D eigenvalue weighted by molar-refractivity contribution is 14.0. The normalized spacial score (nSPS) is 22.7. The molecule has 1 aliphatic rings. The van der Waals surface area contributed by atoms with Gasteiger partial charge in [0, 0.05) is 31.7 Å². The summed E-state index contributed by atoms with van der Waals surface area (Å²) >= 11 is 1.72. The van der Waals surface area contributed by atoms with Crippen molar-refractivity contribution in [2.75, 3.05) is 19.6 Å². The number of rotatable bonds is 5. The molecular formula is C16H29IN4S. The lowest BCUT2D eigenvalue weighted by molar-refractivity contribution is 0.265. The Hall–Kier alpha value is -0.340. The summed E-state index contributed by atoms with van der Waals surface area (Å²) in [6.45, 7) is 12.9. The van der Waals surface area contributed by atoms with Crippen LogP contribution >= 0.6 is 35.3 Å². The van der Waals surface area contributed by atoms with E-state index in [0.717, 1.165) is 25.6 Å². The topological polar surface area (TPSA) is 39.7 Å². The fourth-order valence-corrected chi connectivity index (χ4v) is 3.32. The Morgan fingerprint density at radius 1 is 1.45 bits per heavy atom. The van der Waals surface area contributed by atoms with E-state index in [2.05, 4.69) is 60.1 Å². The van der Waals surface area contributed by atoms with E-state index in [1.807, 2.05) is 0 Å². The average molecular weight is 436 g/mol. The highest BCUT2D eigenvalue weighted by Crippen LogP contribution is 2.18. The minimum Gasteiger partial charge on any atom is -0.357 e. The summed E-state index contributed by atoms with van der Waals surface area (Å²) in [5.74, 6) is 1.59. The second-order valence-corrected chi connectivity index (χ2v) is 6.88. The Kier molecular flexibility index (Phi) is 8.71. The van der Waals surface area contributed by atoms with Crippen LogP contribution in [-0.4, -0.2) is 42.6 Å². The number of aliphatic imine (C=N–C) groups is 1. The molecule has 0 spiro atoms. The Bertz CT molecular complexity index is 447. The molecule has 0 radical (unpaired) electrons. The Balaban J connectivity index is 0.00000242. The summed E-state index contributed by atoms with van der Waals surface area (Å²) < 4.78 is 0. The van der Waals surface area contributed by atoms with Crippen molar-refractivity contribution in [3.05, 3.63) is 22.4 Å². The average Bonchev–Trinajstić information content (AvgIpc) is 3.07. The molecule has 1 aromatic heterocycles. The van der Waals surface area contributed by atoms with E-state index in [4.69, 9.17) is 4.99 Å². The molecule has 22 heavy (non-hydrogen) atoms. The van der Waals surface area contributed by atoms with Crippen molar-refractivity contribution >= 4 is 41.3 Å². The van der Waals surface area contributed by atoms with Gasteiger partial charge in [-0.25, -0.2) is 4.99 Å². The standard InChI is InChI=1S/C16H28N4S.HI/c1-5-17-16(18-8-14-6-7-21-11-14)19-15-10-20(12(2)3)9-13(15)4;/h6-7,11-13,15H,5,8-10H2,1-4H3,(H2,17,18,19);1H. The van der Waals surface area contributed by atoms with Crippen molar-refractivity contribution < 1.29 is 0 Å². The molecule has 0 saturated carbocycles. The van der Waals surface area contributed by atoms with Crippen LogP contribution in [0.1, 0.15) is 33.3 Å². The predicted octanol–water partition coefficient (Wildman–Crippen LogP) is 3.15. The van der Waals surface area contributed by atoms with Crippen LogP contribution in [0.5, 0.6) is 0 Å².